The monoisotopic (exact) mass is 300 g/mol. The average Bonchev–Trinajstić information content (AvgIpc) is 2.92. The maximum Gasteiger partial charge on any atom is 0.228 e. The highest BCUT2D eigenvalue weighted by Crippen LogP contribution is 2.26. The second-order valence-corrected chi connectivity index (χ2v) is 5.21. The lowest BCUT2D eigenvalue weighted by atomic mass is 10.1. The molecule has 0 radical (unpaired) electrons. The first-order valence-electron chi connectivity index (χ1n) is 6.47. The van der Waals surface area contributed by atoms with E-state index in [1.165, 1.54) is 0 Å². The quantitative estimate of drug-likeness (QED) is 0.662. The van der Waals surface area contributed by atoms with Gasteiger partial charge in [0.2, 0.25) is 5.78 Å². The maximum atomic E-state index is 12.5. The van der Waals surface area contributed by atoms with Gasteiger partial charge in [0.05, 0.1) is 7.11 Å². The Morgan fingerprint density at radius 2 is 1.95 bits per heavy atom. The second-order valence-electron chi connectivity index (χ2n) is 4.81. The molecule has 0 N–H and O–H groups in total. The number of fused-ring (bicyclic) bond motifs is 1. The van der Waals surface area contributed by atoms with Crippen LogP contribution in [0.25, 0.3) is 11.0 Å². The zero-order chi connectivity index (χ0) is 15.0. The molecule has 0 fully saturated rings. The van der Waals surface area contributed by atoms with Crippen LogP contribution in [0.5, 0.6) is 5.75 Å². The van der Waals surface area contributed by atoms with Crippen molar-refractivity contribution in [3.8, 4) is 5.75 Å². The van der Waals surface area contributed by atoms with Gasteiger partial charge in [-0.2, -0.15) is 0 Å². The first-order valence-corrected chi connectivity index (χ1v) is 6.85. The van der Waals surface area contributed by atoms with Crippen molar-refractivity contribution >= 4 is 28.4 Å². The van der Waals surface area contributed by atoms with E-state index in [-0.39, 0.29) is 5.78 Å². The van der Waals surface area contributed by atoms with E-state index in [0.717, 1.165) is 16.7 Å². The molecule has 21 heavy (non-hydrogen) atoms. The lowest BCUT2D eigenvalue weighted by molar-refractivity contribution is 0.101. The Balaban J connectivity index is 2.02. The van der Waals surface area contributed by atoms with Crippen molar-refractivity contribution in [3.05, 3.63) is 64.4 Å². The number of aryl methyl sites for hydroxylation is 1. The molecule has 2 aromatic carbocycles. The van der Waals surface area contributed by atoms with Crippen molar-refractivity contribution in [1.29, 1.82) is 0 Å². The number of hydrogen-bond donors (Lipinski definition) is 0. The van der Waals surface area contributed by atoms with Crippen LogP contribution in [0.2, 0.25) is 5.02 Å². The van der Waals surface area contributed by atoms with E-state index in [2.05, 4.69) is 0 Å². The van der Waals surface area contributed by atoms with Crippen molar-refractivity contribution in [2.24, 2.45) is 0 Å². The minimum absolute atomic E-state index is 0.162. The highest BCUT2D eigenvalue weighted by Gasteiger charge is 2.15. The molecule has 0 aliphatic rings. The van der Waals surface area contributed by atoms with Crippen LogP contribution < -0.4 is 4.74 Å². The molecule has 0 atom stereocenters. The van der Waals surface area contributed by atoms with Gasteiger partial charge in [-0.3, -0.25) is 4.79 Å². The minimum Gasteiger partial charge on any atom is -0.497 e. The summed E-state index contributed by atoms with van der Waals surface area (Å²) >= 11 is 5.98. The normalized spacial score (nSPS) is 10.8. The average molecular weight is 301 g/mol. The number of carbonyl (C=O) groups is 1. The fraction of sp³-hybridized carbons (Fsp3) is 0.118. The van der Waals surface area contributed by atoms with Crippen molar-refractivity contribution in [1.82, 2.24) is 0 Å². The van der Waals surface area contributed by atoms with Gasteiger partial charge in [-0.15, -0.1) is 0 Å². The van der Waals surface area contributed by atoms with Gasteiger partial charge in [0.25, 0.3) is 0 Å². The molecule has 1 aromatic heterocycles. The molecule has 0 saturated heterocycles. The number of carbonyl (C=O) groups excluding carboxylic acids is 1. The van der Waals surface area contributed by atoms with Gasteiger partial charge in [-0.1, -0.05) is 11.6 Å². The summed E-state index contributed by atoms with van der Waals surface area (Å²) < 4.78 is 10.8. The number of hydrogen-bond acceptors (Lipinski definition) is 3. The molecule has 0 aliphatic carbocycles. The molecule has 106 valence electrons. The van der Waals surface area contributed by atoms with E-state index in [4.69, 9.17) is 20.8 Å². The zero-order valence-corrected chi connectivity index (χ0v) is 12.4. The molecular weight excluding hydrogens is 288 g/mol. The summed E-state index contributed by atoms with van der Waals surface area (Å²) in [6.07, 6.45) is 0. The van der Waals surface area contributed by atoms with Gasteiger partial charge in [0.15, 0.2) is 5.76 Å². The van der Waals surface area contributed by atoms with Crippen LogP contribution in [0.15, 0.2) is 46.9 Å². The third kappa shape index (κ3) is 2.52. The van der Waals surface area contributed by atoms with Crippen LogP contribution >= 0.6 is 11.6 Å². The number of furan rings is 1. The number of rotatable bonds is 3. The molecule has 0 spiro atoms. The van der Waals surface area contributed by atoms with Crippen molar-refractivity contribution < 1.29 is 13.9 Å². The molecule has 0 amide bonds. The first kappa shape index (κ1) is 13.7. The SMILES string of the molecule is COc1ccc2oc(C(=O)c3ccc(Cl)c(C)c3)cc2c1. The third-order valence-electron chi connectivity index (χ3n) is 3.37. The summed E-state index contributed by atoms with van der Waals surface area (Å²) in [5, 5.41) is 1.48. The summed E-state index contributed by atoms with van der Waals surface area (Å²) in [5.41, 5.74) is 2.08. The lowest BCUT2D eigenvalue weighted by Gasteiger charge is -2.01. The third-order valence-corrected chi connectivity index (χ3v) is 3.79. The number of ether oxygens (including phenoxy) is 1. The number of methoxy groups -OCH3 is 1. The molecule has 0 aliphatic heterocycles. The predicted octanol–water partition coefficient (Wildman–Crippen LogP) is 4.63. The molecule has 3 rings (SSSR count). The van der Waals surface area contributed by atoms with E-state index in [1.54, 1.807) is 43.5 Å². The van der Waals surface area contributed by atoms with E-state index < -0.39 is 0 Å². The highest BCUT2D eigenvalue weighted by molar-refractivity contribution is 6.31. The predicted molar refractivity (Wildman–Crippen MR) is 82.4 cm³/mol. The van der Waals surface area contributed by atoms with Gasteiger partial charge < -0.3 is 9.15 Å². The summed E-state index contributed by atoms with van der Waals surface area (Å²) in [7, 11) is 1.60. The van der Waals surface area contributed by atoms with Crippen LogP contribution in [0.4, 0.5) is 0 Å². The fourth-order valence-corrected chi connectivity index (χ4v) is 2.31. The van der Waals surface area contributed by atoms with Crippen LogP contribution in [0.3, 0.4) is 0 Å². The first-order chi connectivity index (χ1) is 10.1. The van der Waals surface area contributed by atoms with Crippen LogP contribution in [-0.2, 0) is 0 Å². The van der Waals surface area contributed by atoms with Gasteiger partial charge >= 0.3 is 0 Å². The molecule has 0 unspecified atom stereocenters. The molecule has 0 bridgehead atoms. The molecule has 4 heteroatoms. The Morgan fingerprint density at radius 1 is 1.14 bits per heavy atom. The summed E-state index contributed by atoms with van der Waals surface area (Å²) in [4.78, 5) is 12.5. The van der Waals surface area contributed by atoms with Crippen LogP contribution in [0.1, 0.15) is 21.7 Å². The largest absolute Gasteiger partial charge is 0.497 e. The maximum absolute atomic E-state index is 12.5. The Labute approximate surface area is 127 Å². The van der Waals surface area contributed by atoms with Crippen molar-refractivity contribution in [2.75, 3.05) is 7.11 Å². The Morgan fingerprint density at radius 3 is 2.67 bits per heavy atom. The Hall–Kier alpha value is -2.26. The van der Waals surface area contributed by atoms with E-state index in [1.807, 2.05) is 13.0 Å². The van der Waals surface area contributed by atoms with Gasteiger partial charge in [-0.05, 0) is 55.0 Å². The Kier molecular flexibility index (Phi) is 3.43. The molecule has 3 aromatic rings. The minimum atomic E-state index is -0.162. The van der Waals surface area contributed by atoms with E-state index in [0.29, 0.717) is 21.9 Å². The summed E-state index contributed by atoms with van der Waals surface area (Å²) in [5.74, 6) is 0.870. The van der Waals surface area contributed by atoms with Crippen LogP contribution in [0, 0.1) is 6.92 Å². The van der Waals surface area contributed by atoms with Crippen molar-refractivity contribution in [3.63, 3.8) is 0 Å². The Bertz CT molecular complexity index is 833. The molecule has 1 heterocycles. The number of benzene rings is 2. The van der Waals surface area contributed by atoms with E-state index in [9.17, 15) is 4.79 Å². The molecular formula is C17H13ClO3. The second kappa shape index (κ2) is 5.26. The summed E-state index contributed by atoms with van der Waals surface area (Å²) in [6, 6.07) is 12.3. The standard InChI is InChI=1S/C17H13ClO3/c1-10-7-11(3-5-14(10)18)17(19)16-9-12-8-13(20-2)4-6-15(12)21-16/h3-9H,1-2H3. The topological polar surface area (TPSA) is 39.4 Å². The molecule has 0 saturated carbocycles. The van der Waals surface area contributed by atoms with E-state index >= 15 is 0 Å². The van der Waals surface area contributed by atoms with Gasteiger partial charge in [0, 0.05) is 16.0 Å². The smallest absolute Gasteiger partial charge is 0.228 e. The number of halogens is 1. The van der Waals surface area contributed by atoms with Gasteiger partial charge in [-0.25, -0.2) is 0 Å². The van der Waals surface area contributed by atoms with Crippen molar-refractivity contribution in [2.45, 2.75) is 6.92 Å². The fourth-order valence-electron chi connectivity index (χ4n) is 2.19. The zero-order valence-electron chi connectivity index (χ0n) is 11.6. The van der Waals surface area contributed by atoms with Crippen LogP contribution in [-0.4, -0.2) is 12.9 Å². The molecule has 3 nitrogen and oxygen atoms in total. The summed E-state index contributed by atoms with van der Waals surface area (Å²) in [6.45, 7) is 1.86. The highest BCUT2D eigenvalue weighted by atomic mass is 35.5. The van der Waals surface area contributed by atoms with Gasteiger partial charge in [0.1, 0.15) is 11.3 Å². The lowest BCUT2D eigenvalue weighted by Crippen LogP contribution is -1.99. The number of ketones is 1.